The van der Waals surface area contributed by atoms with E-state index in [9.17, 15) is 8.78 Å². The lowest BCUT2D eigenvalue weighted by atomic mass is 10.3. The SMILES string of the molecule is Nc1ccccc1Oc1cccc(F)c1F. The van der Waals surface area contributed by atoms with E-state index in [2.05, 4.69) is 0 Å². The van der Waals surface area contributed by atoms with Crippen molar-refractivity contribution in [3.05, 3.63) is 54.1 Å². The molecule has 2 aromatic carbocycles. The zero-order valence-corrected chi connectivity index (χ0v) is 8.28. The first-order chi connectivity index (χ1) is 7.68. The lowest BCUT2D eigenvalue weighted by molar-refractivity contribution is 0.417. The van der Waals surface area contributed by atoms with E-state index in [-0.39, 0.29) is 5.75 Å². The van der Waals surface area contributed by atoms with E-state index in [1.807, 2.05) is 0 Å². The molecular weight excluding hydrogens is 212 g/mol. The number of benzene rings is 2. The van der Waals surface area contributed by atoms with Crippen molar-refractivity contribution >= 4 is 5.69 Å². The van der Waals surface area contributed by atoms with Crippen molar-refractivity contribution in [3.8, 4) is 11.5 Å². The van der Waals surface area contributed by atoms with Gasteiger partial charge in [0.05, 0.1) is 5.69 Å². The summed E-state index contributed by atoms with van der Waals surface area (Å²) < 4.78 is 31.4. The highest BCUT2D eigenvalue weighted by atomic mass is 19.2. The first kappa shape index (κ1) is 10.4. The zero-order valence-electron chi connectivity index (χ0n) is 8.28. The molecule has 0 saturated heterocycles. The van der Waals surface area contributed by atoms with Gasteiger partial charge in [0.25, 0.3) is 0 Å². The monoisotopic (exact) mass is 221 g/mol. The van der Waals surface area contributed by atoms with E-state index in [1.165, 1.54) is 12.1 Å². The summed E-state index contributed by atoms with van der Waals surface area (Å²) in [5.41, 5.74) is 5.98. The number of ether oxygens (including phenoxy) is 1. The highest BCUT2D eigenvalue weighted by Gasteiger charge is 2.10. The van der Waals surface area contributed by atoms with Crippen LogP contribution in [-0.4, -0.2) is 0 Å². The molecular formula is C12H9F2NO. The third-order valence-corrected chi connectivity index (χ3v) is 2.06. The second kappa shape index (κ2) is 4.18. The molecule has 2 aromatic rings. The minimum absolute atomic E-state index is 0.182. The Labute approximate surface area is 91.3 Å². The van der Waals surface area contributed by atoms with E-state index in [0.29, 0.717) is 11.4 Å². The summed E-state index contributed by atoms with van der Waals surface area (Å²) in [6.07, 6.45) is 0. The maximum Gasteiger partial charge on any atom is 0.201 e. The highest BCUT2D eigenvalue weighted by Crippen LogP contribution is 2.29. The summed E-state index contributed by atoms with van der Waals surface area (Å²) in [5, 5.41) is 0. The normalized spacial score (nSPS) is 10.1. The fraction of sp³-hybridized carbons (Fsp3) is 0. The first-order valence-electron chi connectivity index (χ1n) is 4.65. The second-order valence-corrected chi connectivity index (χ2v) is 3.19. The summed E-state index contributed by atoms with van der Waals surface area (Å²) in [4.78, 5) is 0. The number of halogens is 2. The van der Waals surface area contributed by atoms with Gasteiger partial charge in [0.15, 0.2) is 11.6 Å². The van der Waals surface area contributed by atoms with Crippen molar-refractivity contribution in [1.82, 2.24) is 0 Å². The predicted octanol–water partition coefficient (Wildman–Crippen LogP) is 3.34. The van der Waals surface area contributed by atoms with Crippen LogP contribution in [0.2, 0.25) is 0 Å². The van der Waals surface area contributed by atoms with Crippen LogP contribution in [0.5, 0.6) is 11.5 Å². The van der Waals surface area contributed by atoms with Gasteiger partial charge in [0.1, 0.15) is 5.75 Å². The van der Waals surface area contributed by atoms with Crippen LogP contribution in [0.1, 0.15) is 0 Å². The van der Waals surface area contributed by atoms with E-state index >= 15 is 0 Å². The average Bonchev–Trinajstić information content (AvgIpc) is 2.28. The van der Waals surface area contributed by atoms with Gasteiger partial charge in [-0.3, -0.25) is 0 Å². The molecule has 0 spiro atoms. The Morgan fingerprint density at radius 3 is 2.31 bits per heavy atom. The molecule has 0 aliphatic carbocycles. The van der Waals surface area contributed by atoms with E-state index in [4.69, 9.17) is 10.5 Å². The molecule has 0 bridgehead atoms. The van der Waals surface area contributed by atoms with Gasteiger partial charge in [0.2, 0.25) is 5.82 Å². The molecule has 0 aliphatic rings. The number of rotatable bonds is 2. The lowest BCUT2D eigenvalue weighted by Gasteiger charge is -2.08. The van der Waals surface area contributed by atoms with Gasteiger partial charge in [-0.25, -0.2) is 4.39 Å². The Morgan fingerprint density at radius 1 is 0.875 bits per heavy atom. The predicted molar refractivity (Wildman–Crippen MR) is 57.3 cm³/mol. The summed E-state index contributed by atoms with van der Waals surface area (Å²) in [5.74, 6) is -1.86. The summed E-state index contributed by atoms with van der Waals surface area (Å²) >= 11 is 0. The Kier molecular flexibility index (Phi) is 2.72. The summed E-state index contributed by atoms with van der Waals surface area (Å²) in [6.45, 7) is 0. The van der Waals surface area contributed by atoms with Gasteiger partial charge < -0.3 is 10.5 Å². The van der Waals surface area contributed by atoms with E-state index in [0.717, 1.165) is 6.07 Å². The summed E-state index contributed by atoms with van der Waals surface area (Å²) in [7, 11) is 0. The van der Waals surface area contributed by atoms with E-state index < -0.39 is 11.6 Å². The average molecular weight is 221 g/mol. The maximum absolute atomic E-state index is 13.3. The lowest BCUT2D eigenvalue weighted by Crippen LogP contribution is -1.94. The third-order valence-electron chi connectivity index (χ3n) is 2.06. The van der Waals surface area contributed by atoms with Crippen LogP contribution < -0.4 is 10.5 Å². The molecule has 0 radical (unpaired) electrons. The number of nitrogen functional groups attached to an aromatic ring is 1. The number of hydrogen-bond acceptors (Lipinski definition) is 2. The minimum Gasteiger partial charge on any atom is -0.452 e. The van der Waals surface area contributed by atoms with Crippen LogP contribution in [0, 0.1) is 11.6 Å². The highest BCUT2D eigenvalue weighted by molar-refractivity contribution is 5.53. The summed E-state index contributed by atoms with van der Waals surface area (Å²) in [6, 6.07) is 10.4. The molecule has 0 fully saturated rings. The number of hydrogen-bond donors (Lipinski definition) is 1. The Morgan fingerprint density at radius 2 is 1.56 bits per heavy atom. The van der Waals surface area contributed by atoms with E-state index in [1.54, 1.807) is 24.3 Å². The Hall–Kier alpha value is -2.10. The van der Waals surface area contributed by atoms with Gasteiger partial charge in [0, 0.05) is 0 Å². The molecule has 2 N–H and O–H groups in total. The van der Waals surface area contributed by atoms with Crippen molar-refractivity contribution in [1.29, 1.82) is 0 Å². The number of para-hydroxylation sites is 2. The van der Waals surface area contributed by atoms with Gasteiger partial charge in [-0.2, -0.15) is 4.39 Å². The van der Waals surface area contributed by atoms with Crippen LogP contribution in [0.25, 0.3) is 0 Å². The van der Waals surface area contributed by atoms with Crippen molar-refractivity contribution in [2.75, 3.05) is 5.73 Å². The molecule has 0 aromatic heterocycles. The molecule has 0 aliphatic heterocycles. The maximum atomic E-state index is 13.3. The molecule has 2 rings (SSSR count). The number of anilines is 1. The van der Waals surface area contributed by atoms with Gasteiger partial charge >= 0.3 is 0 Å². The van der Waals surface area contributed by atoms with Crippen LogP contribution in [0.15, 0.2) is 42.5 Å². The topological polar surface area (TPSA) is 35.2 Å². The van der Waals surface area contributed by atoms with Crippen molar-refractivity contribution < 1.29 is 13.5 Å². The van der Waals surface area contributed by atoms with Gasteiger partial charge in [-0.15, -0.1) is 0 Å². The molecule has 0 atom stereocenters. The van der Waals surface area contributed by atoms with Gasteiger partial charge in [-0.05, 0) is 24.3 Å². The molecule has 0 unspecified atom stereocenters. The van der Waals surface area contributed by atoms with Crippen molar-refractivity contribution in [2.24, 2.45) is 0 Å². The molecule has 82 valence electrons. The van der Waals surface area contributed by atoms with Crippen molar-refractivity contribution in [3.63, 3.8) is 0 Å². The van der Waals surface area contributed by atoms with Crippen LogP contribution in [0.3, 0.4) is 0 Å². The Bertz CT molecular complexity index is 514. The standard InChI is InChI=1S/C12H9F2NO/c13-8-4-3-7-11(12(8)14)16-10-6-2-1-5-9(10)15/h1-7H,15H2. The molecule has 2 nitrogen and oxygen atoms in total. The molecule has 0 amide bonds. The number of nitrogens with two attached hydrogens (primary N) is 1. The van der Waals surface area contributed by atoms with Crippen molar-refractivity contribution in [2.45, 2.75) is 0 Å². The second-order valence-electron chi connectivity index (χ2n) is 3.19. The molecule has 4 heteroatoms. The largest absolute Gasteiger partial charge is 0.452 e. The third kappa shape index (κ3) is 1.95. The van der Waals surface area contributed by atoms with Crippen LogP contribution in [-0.2, 0) is 0 Å². The fourth-order valence-electron chi connectivity index (χ4n) is 1.25. The fourth-order valence-corrected chi connectivity index (χ4v) is 1.25. The molecule has 0 saturated carbocycles. The molecule has 0 heterocycles. The minimum atomic E-state index is -1.02. The first-order valence-corrected chi connectivity index (χ1v) is 4.65. The Balaban J connectivity index is 2.35. The van der Waals surface area contributed by atoms with Crippen LogP contribution in [0.4, 0.5) is 14.5 Å². The molecule has 16 heavy (non-hydrogen) atoms. The zero-order chi connectivity index (χ0) is 11.5. The quantitative estimate of drug-likeness (QED) is 0.789. The van der Waals surface area contributed by atoms with Gasteiger partial charge in [-0.1, -0.05) is 18.2 Å². The smallest absolute Gasteiger partial charge is 0.201 e. The van der Waals surface area contributed by atoms with Crippen LogP contribution >= 0.6 is 0 Å².